The predicted molar refractivity (Wildman–Crippen MR) is 121 cm³/mol. The molecule has 0 saturated carbocycles. The Morgan fingerprint density at radius 3 is 1.94 bits per heavy atom. The monoisotopic (exact) mass is 436 g/mol. The highest BCUT2D eigenvalue weighted by molar-refractivity contribution is 5.88. The van der Waals surface area contributed by atoms with Crippen molar-refractivity contribution < 1.29 is 28.8 Å². The van der Waals surface area contributed by atoms with Crippen molar-refractivity contribution in [2.24, 2.45) is 0 Å². The van der Waals surface area contributed by atoms with E-state index >= 15 is 0 Å². The lowest BCUT2D eigenvalue weighted by Crippen LogP contribution is -1.99. The number of phenolic OH excluding ortho intramolecular Hbond substituents is 1. The normalized spacial score (nSPS) is 10.8. The van der Waals surface area contributed by atoms with Gasteiger partial charge in [-0.05, 0) is 23.8 Å². The number of rotatable bonds is 7. The van der Waals surface area contributed by atoms with Crippen LogP contribution >= 0.6 is 0 Å². The molecule has 0 radical (unpaired) electrons. The Hall–Kier alpha value is -4.07. The zero-order chi connectivity index (χ0) is 22.8. The molecule has 32 heavy (non-hydrogen) atoms. The van der Waals surface area contributed by atoms with E-state index in [9.17, 15) is 5.11 Å². The summed E-state index contributed by atoms with van der Waals surface area (Å²) < 4.78 is 29.1. The number of imidazole rings is 1. The Labute approximate surface area is 185 Å². The van der Waals surface area contributed by atoms with Crippen molar-refractivity contribution in [2.75, 3.05) is 35.5 Å². The van der Waals surface area contributed by atoms with Crippen LogP contribution < -0.4 is 23.7 Å². The molecule has 1 aromatic heterocycles. The molecule has 1 heterocycles. The van der Waals surface area contributed by atoms with Crippen LogP contribution in [0.5, 0.6) is 34.5 Å². The lowest BCUT2D eigenvalue weighted by atomic mass is 10.0. The van der Waals surface area contributed by atoms with Crippen molar-refractivity contribution in [3.8, 4) is 51.3 Å². The second kappa shape index (κ2) is 8.58. The van der Waals surface area contributed by atoms with Crippen LogP contribution in [0.2, 0.25) is 0 Å². The zero-order valence-electron chi connectivity index (χ0n) is 18.5. The molecule has 8 heteroatoms. The van der Waals surface area contributed by atoms with E-state index in [4.69, 9.17) is 23.7 Å². The largest absolute Gasteiger partial charge is 0.504 e. The summed E-state index contributed by atoms with van der Waals surface area (Å²) in [5, 5.41) is 10.3. The zero-order valence-corrected chi connectivity index (χ0v) is 18.5. The number of nitrogens with zero attached hydrogens (tertiary/aromatic N) is 2. The Morgan fingerprint density at radius 1 is 0.719 bits per heavy atom. The SMILES string of the molecule is COc1ccc(-c2cc3c(cc2OC)ncn3-c2cc(OC)c(OC)c(OC)c2)cc1O. The summed E-state index contributed by atoms with van der Waals surface area (Å²) in [6.07, 6.45) is 1.72. The van der Waals surface area contributed by atoms with Crippen LogP contribution in [0.1, 0.15) is 0 Å². The van der Waals surface area contributed by atoms with E-state index in [2.05, 4.69) is 4.98 Å². The van der Waals surface area contributed by atoms with Crippen molar-refractivity contribution in [1.82, 2.24) is 9.55 Å². The first-order valence-corrected chi connectivity index (χ1v) is 9.77. The molecule has 166 valence electrons. The van der Waals surface area contributed by atoms with Gasteiger partial charge in [0.15, 0.2) is 23.0 Å². The maximum Gasteiger partial charge on any atom is 0.203 e. The van der Waals surface area contributed by atoms with Gasteiger partial charge >= 0.3 is 0 Å². The van der Waals surface area contributed by atoms with E-state index in [0.29, 0.717) is 28.7 Å². The average Bonchev–Trinajstić information content (AvgIpc) is 3.24. The third-order valence-corrected chi connectivity index (χ3v) is 5.29. The van der Waals surface area contributed by atoms with Gasteiger partial charge in [0.1, 0.15) is 12.1 Å². The number of hydrogen-bond donors (Lipinski definition) is 1. The van der Waals surface area contributed by atoms with Crippen LogP contribution in [0.4, 0.5) is 0 Å². The third kappa shape index (κ3) is 3.49. The van der Waals surface area contributed by atoms with Crippen LogP contribution in [0, 0.1) is 0 Å². The molecule has 0 unspecified atom stereocenters. The minimum Gasteiger partial charge on any atom is -0.504 e. The van der Waals surface area contributed by atoms with Gasteiger partial charge in [0.25, 0.3) is 0 Å². The van der Waals surface area contributed by atoms with Crippen LogP contribution in [-0.4, -0.2) is 50.2 Å². The van der Waals surface area contributed by atoms with Crippen LogP contribution in [0.15, 0.2) is 48.8 Å². The van der Waals surface area contributed by atoms with E-state index in [1.54, 1.807) is 46.9 Å². The molecule has 0 aliphatic heterocycles. The Bertz CT molecular complexity index is 1260. The van der Waals surface area contributed by atoms with Crippen molar-refractivity contribution in [2.45, 2.75) is 0 Å². The average molecular weight is 436 g/mol. The number of fused-ring (bicyclic) bond motifs is 1. The Balaban J connectivity index is 1.92. The molecule has 0 fully saturated rings. The van der Waals surface area contributed by atoms with E-state index in [1.807, 2.05) is 34.9 Å². The van der Waals surface area contributed by atoms with Gasteiger partial charge in [0, 0.05) is 23.8 Å². The minimum atomic E-state index is 0.0466. The molecule has 8 nitrogen and oxygen atoms in total. The standard InChI is InChI=1S/C24H24N2O6/c1-28-20-7-6-14(8-19(20)27)16-11-18-17(12-21(16)29-2)25-13-26(18)15-9-22(30-3)24(32-5)23(10-15)31-4/h6-13,27H,1-5H3. The molecule has 0 atom stereocenters. The number of benzene rings is 3. The highest BCUT2D eigenvalue weighted by atomic mass is 16.5. The first-order chi connectivity index (χ1) is 15.5. The van der Waals surface area contributed by atoms with E-state index in [0.717, 1.165) is 27.8 Å². The predicted octanol–water partition coefficient (Wildman–Crippen LogP) is 4.44. The van der Waals surface area contributed by atoms with Crippen molar-refractivity contribution >= 4 is 11.0 Å². The van der Waals surface area contributed by atoms with Gasteiger partial charge in [0.2, 0.25) is 5.75 Å². The molecule has 0 aliphatic carbocycles. The number of hydrogen-bond acceptors (Lipinski definition) is 7. The van der Waals surface area contributed by atoms with E-state index in [-0.39, 0.29) is 5.75 Å². The second-order valence-corrected chi connectivity index (χ2v) is 6.93. The summed E-state index contributed by atoms with van der Waals surface area (Å²) in [7, 11) is 7.83. The Kier molecular flexibility index (Phi) is 5.68. The molecule has 4 aromatic rings. The first-order valence-electron chi connectivity index (χ1n) is 9.77. The van der Waals surface area contributed by atoms with Crippen molar-refractivity contribution in [3.63, 3.8) is 0 Å². The van der Waals surface area contributed by atoms with Gasteiger partial charge in [-0.3, -0.25) is 4.57 Å². The van der Waals surface area contributed by atoms with Crippen LogP contribution in [-0.2, 0) is 0 Å². The van der Waals surface area contributed by atoms with Gasteiger partial charge in [0.05, 0.1) is 52.3 Å². The summed E-state index contributed by atoms with van der Waals surface area (Å²) in [4.78, 5) is 4.54. The van der Waals surface area contributed by atoms with E-state index < -0.39 is 0 Å². The number of ether oxygens (including phenoxy) is 5. The highest BCUT2D eigenvalue weighted by Crippen LogP contribution is 2.41. The van der Waals surface area contributed by atoms with Crippen molar-refractivity contribution in [1.29, 1.82) is 0 Å². The molecule has 1 N–H and O–H groups in total. The van der Waals surface area contributed by atoms with Gasteiger partial charge in [-0.15, -0.1) is 0 Å². The fraction of sp³-hybridized carbons (Fsp3) is 0.208. The maximum atomic E-state index is 10.3. The lowest BCUT2D eigenvalue weighted by Gasteiger charge is -2.15. The minimum absolute atomic E-state index is 0.0466. The summed E-state index contributed by atoms with van der Waals surface area (Å²) in [5.41, 5.74) is 3.95. The van der Waals surface area contributed by atoms with E-state index in [1.165, 1.54) is 7.11 Å². The molecule has 0 aliphatic rings. The van der Waals surface area contributed by atoms with Crippen LogP contribution in [0.3, 0.4) is 0 Å². The smallest absolute Gasteiger partial charge is 0.203 e. The second-order valence-electron chi connectivity index (χ2n) is 6.93. The summed E-state index contributed by atoms with van der Waals surface area (Å²) in [5.74, 6) is 2.67. The van der Waals surface area contributed by atoms with Gasteiger partial charge in [-0.1, -0.05) is 6.07 Å². The quantitative estimate of drug-likeness (QED) is 0.458. The molecule has 0 bridgehead atoms. The molecule has 0 saturated heterocycles. The molecule has 0 spiro atoms. The Morgan fingerprint density at radius 2 is 1.38 bits per heavy atom. The van der Waals surface area contributed by atoms with Gasteiger partial charge in [-0.25, -0.2) is 4.98 Å². The molecular formula is C24H24N2O6. The molecular weight excluding hydrogens is 412 g/mol. The summed E-state index contributed by atoms with van der Waals surface area (Å²) in [6, 6.07) is 12.7. The molecule has 4 rings (SSSR count). The fourth-order valence-electron chi connectivity index (χ4n) is 3.70. The van der Waals surface area contributed by atoms with Crippen LogP contribution in [0.25, 0.3) is 27.8 Å². The number of phenols is 1. The molecule has 3 aromatic carbocycles. The lowest BCUT2D eigenvalue weighted by molar-refractivity contribution is 0.324. The number of aromatic hydroxyl groups is 1. The maximum absolute atomic E-state index is 10.3. The number of methoxy groups -OCH3 is 5. The third-order valence-electron chi connectivity index (χ3n) is 5.29. The topological polar surface area (TPSA) is 84.2 Å². The number of aromatic nitrogens is 2. The summed E-state index contributed by atoms with van der Waals surface area (Å²) >= 11 is 0. The van der Waals surface area contributed by atoms with Gasteiger partial charge < -0.3 is 28.8 Å². The van der Waals surface area contributed by atoms with Gasteiger partial charge in [-0.2, -0.15) is 0 Å². The molecule has 0 amide bonds. The highest BCUT2D eigenvalue weighted by Gasteiger charge is 2.18. The summed E-state index contributed by atoms with van der Waals surface area (Å²) in [6.45, 7) is 0. The first kappa shape index (κ1) is 21.2. The fourth-order valence-corrected chi connectivity index (χ4v) is 3.70. The van der Waals surface area contributed by atoms with Crippen molar-refractivity contribution in [3.05, 3.63) is 48.8 Å².